The molecule has 1 heterocycles. The minimum atomic E-state index is -0.195. The van der Waals surface area contributed by atoms with Crippen LogP contribution in [0.3, 0.4) is 0 Å². The second-order valence-corrected chi connectivity index (χ2v) is 4.25. The standard InChI is InChI=1S/C10H18N4O/c1-7(11)9-13-14-10(15-9)12-6-2-3-8-4-5-8/h7-8H,2-6,11H2,1H3,(H,12,14). The Kier molecular flexibility index (Phi) is 3.20. The van der Waals surface area contributed by atoms with E-state index in [0.29, 0.717) is 11.9 Å². The summed E-state index contributed by atoms with van der Waals surface area (Å²) in [6.07, 6.45) is 5.30. The first-order chi connectivity index (χ1) is 7.25. The zero-order valence-corrected chi connectivity index (χ0v) is 9.07. The van der Waals surface area contributed by atoms with Crippen molar-refractivity contribution in [3.63, 3.8) is 0 Å². The summed E-state index contributed by atoms with van der Waals surface area (Å²) in [6.45, 7) is 2.72. The molecule has 1 atom stereocenters. The number of aromatic nitrogens is 2. The van der Waals surface area contributed by atoms with E-state index in [-0.39, 0.29) is 6.04 Å². The quantitative estimate of drug-likeness (QED) is 0.699. The zero-order valence-electron chi connectivity index (χ0n) is 9.07. The highest BCUT2D eigenvalue weighted by molar-refractivity contribution is 5.16. The molecule has 1 unspecified atom stereocenters. The normalized spacial score (nSPS) is 17.7. The van der Waals surface area contributed by atoms with E-state index in [2.05, 4.69) is 15.5 Å². The van der Waals surface area contributed by atoms with Gasteiger partial charge in [0.15, 0.2) is 0 Å². The average Bonchev–Trinajstić information content (AvgIpc) is 2.90. The van der Waals surface area contributed by atoms with E-state index in [1.54, 1.807) is 0 Å². The maximum atomic E-state index is 5.61. The van der Waals surface area contributed by atoms with Crippen LogP contribution in [0, 0.1) is 5.92 Å². The third-order valence-corrected chi connectivity index (χ3v) is 2.59. The van der Waals surface area contributed by atoms with Crippen molar-refractivity contribution in [2.75, 3.05) is 11.9 Å². The van der Waals surface area contributed by atoms with Crippen LogP contribution in [0.1, 0.15) is 44.5 Å². The van der Waals surface area contributed by atoms with Crippen LogP contribution in [-0.2, 0) is 0 Å². The Morgan fingerprint density at radius 1 is 1.53 bits per heavy atom. The molecule has 2 rings (SSSR count). The summed E-state index contributed by atoms with van der Waals surface area (Å²) < 4.78 is 5.31. The van der Waals surface area contributed by atoms with E-state index in [1.165, 1.54) is 25.7 Å². The van der Waals surface area contributed by atoms with Crippen LogP contribution in [-0.4, -0.2) is 16.7 Å². The SMILES string of the molecule is CC(N)c1nnc(NCCCC2CC2)o1. The van der Waals surface area contributed by atoms with Crippen molar-refractivity contribution in [3.05, 3.63) is 5.89 Å². The lowest BCUT2D eigenvalue weighted by Gasteiger charge is -2.00. The monoisotopic (exact) mass is 210 g/mol. The van der Waals surface area contributed by atoms with E-state index >= 15 is 0 Å². The van der Waals surface area contributed by atoms with Crippen molar-refractivity contribution in [3.8, 4) is 0 Å². The molecule has 1 saturated carbocycles. The van der Waals surface area contributed by atoms with E-state index in [4.69, 9.17) is 10.2 Å². The first-order valence-electron chi connectivity index (χ1n) is 5.58. The Morgan fingerprint density at radius 3 is 2.93 bits per heavy atom. The molecule has 1 aliphatic carbocycles. The molecule has 0 bridgehead atoms. The van der Waals surface area contributed by atoms with Gasteiger partial charge < -0.3 is 15.5 Å². The molecule has 5 heteroatoms. The van der Waals surface area contributed by atoms with Gasteiger partial charge in [-0.1, -0.05) is 17.9 Å². The molecule has 1 fully saturated rings. The molecule has 3 N–H and O–H groups in total. The molecular weight excluding hydrogens is 192 g/mol. The molecule has 0 spiro atoms. The lowest BCUT2D eigenvalue weighted by atomic mass is 10.2. The molecule has 5 nitrogen and oxygen atoms in total. The van der Waals surface area contributed by atoms with Gasteiger partial charge >= 0.3 is 6.01 Å². The molecule has 1 aliphatic rings. The largest absolute Gasteiger partial charge is 0.406 e. The number of nitrogens with one attached hydrogen (secondary N) is 1. The topological polar surface area (TPSA) is 77.0 Å². The minimum Gasteiger partial charge on any atom is -0.406 e. The van der Waals surface area contributed by atoms with Gasteiger partial charge in [0.05, 0.1) is 6.04 Å². The van der Waals surface area contributed by atoms with Gasteiger partial charge in [0, 0.05) is 6.54 Å². The Labute approximate surface area is 89.4 Å². The minimum absolute atomic E-state index is 0.195. The molecule has 0 amide bonds. The van der Waals surface area contributed by atoms with Gasteiger partial charge in [-0.15, -0.1) is 5.10 Å². The number of nitrogens with zero attached hydrogens (tertiary/aromatic N) is 2. The van der Waals surface area contributed by atoms with Crippen LogP contribution < -0.4 is 11.1 Å². The molecule has 0 aromatic carbocycles. The highest BCUT2D eigenvalue weighted by atomic mass is 16.4. The summed E-state index contributed by atoms with van der Waals surface area (Å²) in [5.41, 5.74) is 5.61. The zero-order chi connectivity index (χ0) is 10.7. The average molecular weight is 210 g/mol. The number of hydrogen-bond acceptors (Lipinski definition) is 5. The summed E-state index contributed by atoms with van der Waals surface area (Å²) in [7, 11) is 0. The third-order valence-electron chi connectivity index (χ3n) is 2.59. The molecular formula is C10H18N4O. The smallest absolute Gasteiger partial charge is 0.315 e. The van der Waals surface area contributed by atoms with E-state index in [0.717, 1.165) is 12.5 Å². The van der Waals surface area contributed by atoms with E-state index < -0.39 is 0 Å². The predicted octanol–water partition coefficient (Wildman–Crippen LogP) is 1.69. The molecule has 15 heavy (non-hydrogen) atoms. The highest BCUT2D eigenvalue weighted by Crippen LogP contribution is 2.33. The summed E-state index contributed by atoms with van der Waals surface area (Å²) in [4.78, 5) is 0. The predicted molar refractivity (Wildman–Crippen MR) is 57.3 cm³/mol. The van der Waals surface area contributed by atoms with Gasteiger partial charge in [0.1, 0.15) is 0 Å². The number of hydrogen-bond donors (Lipinski definition) is 2. The molecule has 84 valence electrons. The van der Waals surface area contributed by atoms with Crippen molar-refractivity contribution in [2.24, 2.45) is 11.7 Å². The fourth-order valence-electron chi connectivity index (χ4n) is 1.48. The molecule has 0 saturated heterocycles. The Balaban J connectivity index is 1.67. The van der Waals surface area contributed by atoms with Gasteiger partial charge in [-0.3, -0.25) is 0 Å². The number of rotatable bonds is 6. The van der Waals surface area contributed by atoms with Crippen LogP contribution in [0.15, 0.2) is 4.42 Å². The van der Waals surface area contributed by atoms with Gasteiger partial charge in [-0.25, -0.2) is 0 Å². The van der Waals surface area contributed by atoms with Crippen molar-refractivity contribution < 1.29 is 4.42 Å². The van der Waals surface area contributed by atoms with Gasteiger partial charge in [0.2, 0.25) is 5.89 Å². The maximum Gasteiger partial charge on any atom is 0.315 e. The second kappa shape index (κ2) is 4.61. The lowest BCUT2D eigenvalue weighted by molar-refractivity contribution is 0.472. The van der Waals surface area contributed by atoms with Gasteiger partial charge in [-0.2, -0.15) is 0 Å². The van der Waals surface area contributed by atoms with E-state index in [1.807, 2.05) is 6.92 Å². The molecule has 1 aromatic heterocycles. The van der Waals surface area contributed by atoms with E-state index in [9.17, 15) is 0 Å². The van der Waals surface area contributed by atoms with Crippen molar-refractivity contribution in [1.29, 1.82) is 0 Å². The highest BCUT2D eigenvalue weighted by Gasteiger charge is 2.20. The summed E-state index contributed by atoms with van der Waals surface area (Å²) in [6, 6.07) is 0.289. The van der Waals surface area contributed by atoms with Crippen LogP contribution in [0.2, 0.25) is 0 Å². The van der Waals surface area contributed by atoms with Gasteiger partial charge in [-0.05, 0) is 25.7 Å². The van der Waals surface area contributed by atoms with Crippen LogP contribution in [0.4, 0.5) is 6.01 Å². The van der Waals surface area contributed by atoms with Crippen LogP contribution in [0.25, 0.3) is 0 Å². The van der Waals surface area contributed by atoms with Crippen molar-refractivity contribution in [2.45, 2.75) is 38.6 Å². The molecule has 0 aliphatic heterocycles. The van der Waals surface area contributed by atoms with Crippen LogP contribution >= 0.6 is 0 Å². The second-order valence-electron chi connectivity index (χ2n) is 4.25. The molecule has 0 radical (unpaired) electrons. The summed E-state index contributed by atoms with van der Waals surface area (Å²) >= 11 is 0. The van der Waals surface area contributed by atoms with Gasteiger partial charge in [0.25, 0.3) is 0 Å². The summed E-state index contributed by atoms with van der Waals surface area (Å²) in [5.74, 6) is 1.47. The summed E-state index contributed by atoms with van der Waals surface area (Å²) in [5, 5.41) is 10.8. The van der Waals surface area contributed by atoms with Crippen molar-refractivity contribution >= 4 is 6.01 Å². The first kappa shape index (κ1) is 10.4. The van der Waals surface area contributed by atoms with Crippen LogP contribution in [0.5, 0.6) is 0 Å². The Morgan fingerprint density at radius 2 is 2.33 bits per heavy atom. The maximum absolute atomic E-state index is 5.61. The Bertz CT molecular complexity index is 306. The number of anilines is 1. The number of nitrogens with two attached hydrogens (primary N) is 1. The fraction of sp³-hybridized carbons (Fsp3) is 0.800. The lowest BCUT2D eigenvalue weighted by Crippen LogP contribution is -2.04. The first-order valence-corrected chi connectivity index (χ1v) is 5.58. The van der Waals surface area contributed by atoms with Crippen molar-refractivity contribution in [1.82, 2.24) is 10.2 Å². The molecule has 1 aromatic rings. The third kappa shape index (κ3) is 3.20. The fourth-order valence-corrected chi connectivity index (χ4v) is 1.48. The Hall–Kier alpha value is -1.10.